The van der Waals surface area contributed by atoms with Gasteiger partial charge in [-0.15, -0.1) is 0 Å². The summed E-state index contributed by atoms with van der Waals surface area (Å²) in [7, 11) is 3.08. The lowest BCUT2D eigenvalue weighted by molar-refractivity contribution is -0.787. The number of benzene rings is 2. The van der Waals surface area contributed by atoms with Crippen molar-refractivity contribution in [1.29, 1.82) is 0 Å². The second-order valence-corrected chi connectivity index (χ2v) is 9.67. The summed E-state index contributed by atoms with van der Waals surface area (Å²) in [6.07, 6.45) is 1.82. The summed E-state index contributed by atoms with van der Waals surface area (Å²) >= 11 is 0. The van der Waals surface area contributed by atoms with Crippen LogP contribution in [0.5, 0.6) is 11.5 Å². The van der Waals surface area contributed by atoms with Crippen LogP contribution in [0.1, 0.15) is 66.8 Å². The summed E-state index contributed by atoms with van der Waals surface area (Å²) in [5.41, 5.74) is 1.59. The minimum absolute atomic E-state index is 0.0752. The number of ketones is 1. The van der Waals surface area contributed by atoms with Crippen LogP contribution in [0.25, 0.3) is 0 Å². The Labute approximate surface area is 184 Å². The van der Waals surface area contributed by atoms with Gasteiger partial charge in [0.1, 0.15) is 11.5 Å². The Balaban J connectivity index is 1.74. The number of carbonyl (C=O) groups is 2. The first kappa shape index (κ1) is 22.8. The van der Waals surface area contributed by atoms with Crippen molar-refractivity contribution in [3.63, 3.8) is 0 Å². The molecule has 0 bridgehead atoms. The van der Waals surface area contributed by atoms with Crippen LogP contribution in [0.3, 0.4) is 0 Å². The molecule has 6 heteroatoms. The van der Waals surface area contributed by atoms with Gasteiger partial charge in [0.25, 0.3) is 5.91 Å². The Bertz CT molecular complexity index is 948. The number of quaternary nitrogens is 1. The molecule has 0 unspecified atom stereocenters. The third-order valence-electron chi connectivity index (χ3n) is 5.72. The van der Waals surface area contributed by atoms with Crippen LogP contribution in [0.15, 0.2) is 42.5 Å². The third-order valence-corrected chi connectivity index (χ3v) is 5.72. The molecule has 0 atom stereocenters. The van der Waals surface area contributed by atoms with E-state index in [-0.39, 0.29) is 28.8 Å². The van der Waals surface area contributed by atoms with E-state index in [1.54, 1.807) is 49.6 Å². The fourth-order valence-corrected chi connectivity index (χ4v) is 4.81. The van der Waals surface area contributed by atoms with E-state index in [1.807, 2.05) is 0 Å². The Hall–Kier alpha value is -2.86. The number of rotatable bonds is 6. The van der Waals surface area contributed by atoms with Gasteiger partial charge in [0.2, 0.25) is 0 Å². The minimum atomic E-state index is -0.186. The SMILES string of the molecule is COc1ccc(OC)c(C(=O)c2ccc(C(=O)NC3CC(C)(C)[NH2+]C(C)(C)C3)cc2)c1. The minimum Gasteiger partial charge on any atom is -0.497 e. The van der Waals surface area contributed by atoms with E-state index < -0.39 is 0 Å². The van der Waals surface area contributed by atoms with Gasteiger partial charge in [-0.2, -0.15) is 0 Å². The zero-order valence-corrected chi connectivity index (χ0v) is 19.2. The van der Waals surface area contributed by atoms with Crippen LogP contribution in [-0.2, 0) is 0 Å². The van der Waals surface area contributed by atoms with E-state index in [0.717, 1.165) is 12.8 Å². The van der Waals surface area contributed by atoms with Gasteiger partial charge in [0, 0.05) is 30.0 Å². The van der Waals surface area contributed by atoms with Gasteiger partial charge in [0.05, 0.1) is 30.9 Å². The van der Waals surface area contributed by atoms with Gasteiger partial charge in [-0.05, 0) is 58.0 Å². The topological polar surface area (TPSA) is 81.2 Å². The molecule has 3 N–H and O–H groups in total. The van der Waals surface area contributed by atoms with E-state index >= 15 is 0 Å². The molecule has 1 saturated heterocycles. The number of hydrogen-bond donors (Lipinski definition) is 2. The van der Waals surface area contributed by atoms with Crippen LogP contribution >= 0.6 is 0 Å². The monoisotopic (exact) mass is 425 g/mol. The molecule has 6 nitrogen and oxygen atoms in total. The van der Waals surface area contributed by atoms with Crippen molar-refractivity contribution in [2.75, 3.05) is 14.2 Å². The van der Waals surface area contributed by atoms with Crippen LogP contribution in [0.4, 0.5) is 0 Å². The number of hydrogen-bond acceptors (Lipinski definition) is 4. The van der Waals surface area contributed by atoms with Crippen LogP contribution in [0.2, 0.25) is 0 Å². The van der Waals surface area contributed by atoms with E-state index in [9.17, 15) is 9.59 Å². The standard InChI is InChI=1S/C25H32N2O4/c1-24(2)14-18(15-25(3,4)27-24)26-23(29)17-9-7-16(8-10-17)22(28)20-13-19(30-5)11-12-21(20)31-6/h7-13,18,27H,14-15H2,1-6H3,(H,26,29)/p+1. The Morgan fingerprint density at radius 3 is 2.03 bits per heavy atom. The zero-order chi connectivity index (χ0) is 22.8. The molecule has 0 saturated carbocycles. The average molecular weight is 426 g/mol. The molecule has 3 rings (SSSR count). The third kappa shape index (κ3) is 5.44. The maximum absolute atomic E-state index is 13.0. The van der Waals surface area contributed by atoms with E-state index in [2.05, 4.69) is 38.3 Å². The molecule has 0 spiro atoms. The molecule has 0 radical (unpaired) electrons. The van der Waals surface area contributed by atoms with Crippen molar-refractivity contribution < 1.29 is 24.4 Å². The van der Waals surface area contributed by atoms with Gasteiger partial charge in [-0.1, -0.05) is 12.1 Å². The summed E-state index contributed by atoms with van der Waals surface area (Å²) in [6.45, 7) is 8.83. The fourth-order valence-electron chi connectivity index (χ4n) is 4.81. The lowest BCUT2D eigenvalue weighted by atomic mass is 9.79. The Morgan fingerprint density at radius 2 is 1.48 bits per heavy atom. The number of carbonyl (C=O) groups excluding carboxylic acids is 2. The van der Waals surface area contributed by atoms with Crippen molar-refractivity contribution in [2.45, 2.75) is 57.7 Å². The maximum Gasteiger partial charge on any atom is 0.251 e. The Kier molecular flexibility index (Phi) is 6.41. The summed E-state index contributed by atoms with van der Waals surface area (Å²) in [5, 5.41) is 5.56. The molecule has 1 fully saturated rings. The van der Waals surface area contributed by atoms with Gasteiger partial charge in [-0.25, -0.2) is 0 Å². The molecule has 0 aliphatic carbocycles. The zero-order valence-electron chi connectivity index (χ0n) is 19.2. The lowest BCUT2D eigenvalue weighted by Crippen LogP contribution is -3.06. The highest BCUT2D eigenvalue weighted by Gasteiger charge is 2.42. The molecule has 2 aromatic rings. The molecule has 1 aliphatic heterocycles. The van der Waals surface area contributed by atoms with E-state index in [0.29, 0.717) is 28.2 Å². The quantitative estimate of drug-likeness (QED) is 0.698. The molecule has 2 aromatic carbocycles. The number of methoxy groups -OCH3 is 2. The van der Waals surface area contributed by atoms with E-state index in [1.165, 1.54) is 7.11 Å². The molecule has 1 aliphatic rings. The molecule has 166 valence electrons. The highest BCUT2D eigenvalue weighted by atomic mass is 16.5. The first-order chi connectivity index (χ1) is 14.5. The number of ether oxygens (including phenoxy) is 2. The van der Waals surface area contributed by atoms with Gasteiger partial charge >= 0.3 is 0 Å². The van der Waals surface area contributed by atoms with Crippen LogP contribution < -0.4 is 20.1 Å². The van der Waals surface area contributed by atoms with Crippen molar-refractivity contribution in [3.8, 4) is 11.5 Å². The van der Waals surface area contributed by atoms with Crippen molar-refractivity contribution in [3.05, 3.63) is 59.2 Å². The number of piperidine rings is 1. The van der Waals surface area contributed by atoms with Gasteiger partial charge < -0.3 is 20.1 Å². The van der Waals surface area contributed by atoms with Gasteiger partial charge in [0.15, 0.2) is 5.78 Å². The molecule has 0 aromatic heterocycles. The summed E-state index contributed by atoms with van der Waals surface area (Å²) in [4.78, 5) is 25.8. The summed E-state index contributed by atoms with van der Waals surface area (Å²) in [6, 6.07) is 12.0. The normalized spacial score (nSPS) is 17.6. The highest BCUT2D eigenvalue weighted by molar-refractivity contribution is 6.11. The van der Waals surface area contributed by atoms with E-state index in [4.69, 9.17) is 9.47 Å². The molecular formula is C25H33N2O4+. The second-order valence-electron chi connectivity index (χ2n) is 9.67. The van der Waals surface area contributed by atoms with Gasteiger partial charge in [-0.3, -0.25) is 9.59 Å². The largest absolute Gasteiger partial charge is 0.497 e. The average Bonchev–Trinajstić information content (AvgIpc) is 2.70. The Morgan fingerprint density at radius 1 is 0.903 bits per heavy atom. The molecular weight excluding hydrogens is 392 g/mol. The highest BCUT2D eigenvalue weighted by Crippen LogP contribution is 2.27. The first-order valence-corrected chi connectivity index (χ1v) is 10.6. The molecule has 1 heterocycles. The fraction of sp³-hybridized carbons (Fsp3) is 0.440. The first-order valence-electron chi connectivity index (χ1n) is 10.6. The molecule has 1 amide bonds. The van der Waals surface area contributed by atoms with Crippen molar-refractivity contribution in [2.24, 2.45) is 0 Å². The number of amides is 1. The number of nitrogens with two attached hydrogens (primary N) is 1. The predicted molar refractivity (Wildman–Crippen MR) is 120 cm³/mol. The smallest absolute Gasteiger partial charge is 0.251 e. The summed E-state index contributed by atoms with van der Waals surface area (Å²) in [5.74, 6) is 0.758. The predicted octanol–water partition coefficient (Wildman–Crippen LogP) is 2.95. The van der Waals surface area contributed by atoms with Crippen LogP contribution in [-0.4, -0.2) is 43.0 Å². The summed E-state index contributed by atoms with van der Waals surface area (Å²) < 4.78 is 10.6. The molecule has 31 heavy (non-hydrogen) atoms. The maximum atomic E-state index is 13.0. The lowest BCUT2D eigenvalue weighted by Gasteiger charge is -2.43. The number of nitrogens with one attached hydrogen (secondary N) is 1. The van der Waals surface area contributed by atoms with Crippen LogP contribution in [0, 0.1) is 0 Å². The van der Waals surface area contributed by atoms with Crippen molar-refractivity contribution >= 4 is 11.7 Å². The van der Waals surface area contributed by atoms with Crippen molar-refractivity contribution in [1.82, 2.24) is 5.32 Å². The second kappa shape index (κ2) is 8.71.